The van der Waals surface area contributed by atoms with E-state index in [-0.39, 0.29) is 54.6 Å². The number of esters is 2. The monoisotopic (exact) mass is 917 g/mol. The molecule has 1 aliphatic carbocycles. The Labute approximate surface area is 404 Å². The number of rotatable bonds is 38. The van der Waals surface area contributed by atoms with Gasteiger partial charge in [-0.05, 0) is 82.3 Å². The molecule has 0 aromatic heterocycles. The maximum Gasteiger partial charge on any atom is 1.00 e. The Bertz CT molecular complexity index is 1420. The fourth-order valence-electron chi connectivity index (χ4n) is 7.40. The number of carbonyl (C=O) groups excluding carboxylic acids is 2. The van der Waals surface area contributed by atoms with Crippen LogP contribution < -0.4 is 34.5 Å². The number of carbonyl (C=O) groups is 2. The minimum atomic E-state index is -4.83. The van der Waals surface area contributed by atoms with Crippen LogP contribution >= 0.6 is 7.82 Å². The molecule has 0 radical (unpaired) electrons. The standard InChI is InChI=1S/C50H87O11P.Na/c1-7-8-9-10-11-12-13-14-15-16-17-18-19-20-21-24-35-57-40-46(41-60-62(55,56)59-39-45(52)38-51)61-48(53)31-23-22-25-36-58-49(54)37-43(3)29-26-28-42(2)32-33-47-44(4)30-27-34-50(47,5)6;/h26,28-29,32-33,37,45-46,51-52H,7-25,27,30-31,34-36,38-41H2,1-6H3,(H,55,56);/q;+1/p-1/b29-26+,33-32+,42-28+,43-37+;/t45-,46+;/m0./s1. The van der Waals surface area contributed by atoms with Crippen LogP contribution in [0.3, 0.4) is 0 Å². The molecule has 0 fully saturated rings. The molecule has 0 saturated heterocycles. The maximum absolute atomic E-state index is 12.7. The third kappa shape index (κ3) is 34.6. The Hall–Kier alpha value is -1.37. The first-order valence-corrected chi connectivity index (χ1v) is 25.4. The number of aliphatic hydroxyl groups excluding tert-OH is 2. The van der Waals surface area contributed by atoms with E-state index >= 15 is 0 Å². The SMILES string of the molecule is CCCCCCCCCCCCCCCCCCOC[C@H](COP(=O)([O-])OC[C@@H](O)CO)OC(=O)CCCCCOC(=O)/C=C(C)/C=C/C=C(C)/C=C/C1=C(C)CCCC1(C)C.[Na+]. The third-order valence-electron chi connectivity index (χ3n) is 11.2. The molecule has 2 N–H and O–H groups in total. The van der Waals surface area contributed by atoms with E-state index in [0.29, 0.717) is 25.9 Å². The van der Waals surface area contributed by atoms with E-state index in [1.807, 2.05) is 25.2 Å². The molecule has 11 nitrogen and oxygen atoms in total. The van der Waals surface area contributed by atoms with Gasteiger partial charge in [-0.1, -0.05) is 159 Å². The first-order chi connectivity index (χ1) is 29.7. The Morgan fingerprint density at radius 2 is 1.35 bits per heavy atom. The smallest absolute Gasteiger partial charge is 0.756 e. The molecule has 0 bridgehead atoms. The summed E-state index contributed by atoms with van der Waals surface area (Å²) in [7, 11) is -4.83. The largest absolute Gasteiger partial charge is 1.00 e. The van der Waals surface area contributed by atoms with Gasteiger partial charge in [-0.3, -0.25) is 9.36 Å². The summed E-state index contributed by atoms with van der Waals surface area (Å²) < 4.78 is 38.3. The van der Waals surface area contributed by atoms with Crippen molar-refractivity contribution < 1.29 is 82.1 Å². The summed E-state index contributed by atoms with van der Waals surface area (Å²) in [6, 6.07) is 0. The Kier molecular flexibility index (Phi) is 37.9. The molecule has 0 aromatic carbocycles. The Balaban J connectivity index is 0.0000384. The predicted molar refractivity (Wildman–Crippen MR) is 248 cm³/mol. The second-order valence-corrected chi connectivity index (χ2v) is 19.2. The summed E-state index contributed by atoms with van der Waals surface area (Å²) in [5.41, 5.74) is 4.97. The van der Waals surface area contributed by atoms with Crippen molar-refractivity contribution in [1.82, 2.24) is 0 Å². The molecule has 63 heavy (non-hydrogen) atoms. The average molecular weight is 917 g/mol. The van der Waals surface area contributed by atoms with Crippen molar-refractivity contribution in [3.8, 4) is 0 Å². The van der Waals surface area contributed by atoms with Crippen LogP contribution in [0.5, 0.6) is 0 Å². The van der Waals surface area contributed by atoms with Crippen molar-refractivity contribution in [2.24, 2.45) is 5.41 Å². The summed E-state index contributed by atoms with van der Waals surface area (Å²) >= 11 is 0. The van der Waals surface area contributed by atoms with Crippen molar-refractivity contribution in [3.05, 3.63) is 58.7 Å². The number of phosphoric ester groups is 1. The first-order valence-electron chi connectivity index (χ1n) is 23.9. The van der Waals surface area contributed by atoms with E-state index in [4.69, 9.17) is 23.8 Å². The fourth-order valence-corrected chi connectivity index (χ4v) is 8.18. The van der Waals surface area contributed by atoms with Gasteiger partial charge in [0, 0.05) is 19.1 Å². The summed E-state index contributed by atoms with van der Waals surface area (Å²) in [5.74, 6) is -0.962. The molecule has 0 aromatic rings. The molecular formula is C50H86NaO11P. The zero-order valence-corrected chi connectivity index (χ0v) is 43.5. The summed E-state index contributed by atoms with van der Waals surface area (Å²) in [6.45, 7) is 11.8. The van der Waals surface area contributed by atoms with Gasteiger partial charge in [0.1, 0.15) is 12.2 Å². The number of unbranched alkanes of at least 4 members (excludes halogenated alkanes) is 17. The van der Waals surface area contributed by atoms with E-state index in [0.717, 1.165) is 36.8 Å². The van der Waals surface area contributed by atoms with Crippen LogP contribution in [0.15, 0.2) is 58.7 Å². The molecule has 0 heterocycles. The van der Waals surface area contributed by atoms with E-state index in [9.17, 15) is 24.2 Å². The van der Waals surface area contributed by atoms with Gasteiger partial charge in [0.15, 0.2) is 0 Å². The van der Waals surface area contributed by atoms with Gasteiger partial charge in [0.2, 0.25) is 0 Å². The molecule has 0 saturated carbocycles. The van der Waals surface area contributed by atoms with Crippen LogP contribution in [0, 0.1) is 5.41 Å². The molecule has 0 amide bonds. The molecule has 13 heteroatoms. The number of phosphoric acid groups is 1. The second kappa shape index (κ2) is 38.7. The average Bonchev–Trinajstić information content (AvgIpc) is 3.22. The van der Waals surface area contributed by atoms with Gasteiger partial charge in [0.05, 0.1) is 33.0 Å². The summed E-state index contributed by atoms with van der Waals surface area (Å²) in [4.78, 5) is 37.2. The van der Waals surface area contributed by atoms with Gasteiger partial charge in [-0.25, -0.2) is 4.79 Å². The molecule has 0 spiro atoms. The van der Waals surface area contributed by atoms with E-state index < -0.39 is 51.8 Å². The molecule has 0 aliphatic heterocycles. The number of allylic oxidation sites excluding steroid dienone is 9. The molecule has 358 valence electrons. The number of hydrogen-bond donors (Lipinski definition) is 2. The zero-order chi connectivity index (χ0) is 45.9. The van der Waals surface area contributed by atoms with Gasteiger partial charge >= 0.3 is 41.5 Å². The second-order valence-electron chi connectivity index (χ2n) is 17.8. The van der Waals surface area contributed by atoms with Gasteiger partial charge in [-0.2, -0.15) is 0 Å². The fraction of sp³-hybridized carbons (Fsp3) is 0.760. The van der Waals surface area contributed by atoms with Crippen molar-refractivity contribution >= 4 is 19.8 Å². The molecule has 3 atom stereocenters. The zero-order valence-electron chi connectivity index (χ0n) is 40.6. The summed E-state index contributed by atoms with van der Waals surface area (Å²) in [6.07, 6.45) is 34.9. The third-order valence-corrected chi connectivity index (χ3v) is 12.1. The van der Waals surface area contributed by atoms with Gasteiger partial charge in [-0.15, -0.1) is 0 Å². The van der Waals surface area contributed by atoms with Crippen molar-refractivity contribution in [2.75, 3.05) is 39.6 Å². The molecule has 1 aliphatic rings. The van der Waals surface area contributed by atoms with E-state index in [1.54, 1.807) is 0 Å². The number of ether oxygens (including phenoxy) is 3. The van der Waals surface area contributed by atoms with Crippen LogP contribution in [-0.2, 0) is 37.4 Å². The van der Waals surface area contributed by atoms with Crippen LogP contribution in [0.4, 0.5) is 0 Å². The number of hydrogen-bond acceptors (Lipinski definition) is 11. The minimum absolute atomic E-state index is 0. The van der Waals surface area contributed by atoms with Crippen molar-refractivity contribution in [1.29, 1.82) is 0 Å². The van der Waals surface area contributed by atoms with Crippen LogP contribution in [-0.4, -0.2) is 74.0 Å². The minimum Gasteiger partial charge on any atom is -0.756 e. The van der Waals surface area contributed by atoms with Crippen LogP contribution in [0.2, 0.25) is 0 Å². The Morgan fingerprint density at radius 1 is 0.794 bits per heavy atom. The normalized spacial score (nSPS) is 16.6. The topological polar surface area (TPSA) is 161 Å². The van der Waals surface area contributed by atoms with E-state index in [1.165, 1.54) is 114 Å². The van der Waals surface area contributed by atoms with Crippen molar-refractivity contribution in [3.63, 3.8) is 0 Å². The van der Waals surface area contributed by atoms with Gasteiger partial charge < -0.3 is 38.4 Å². The molecule has 1 unspecified atom stereocenters. The van der Waals surface area contributed by atoms with E-state index in [2.05, 4.69) is 51.3 Å². The predicted octanol–water partition coefficient (Wildman–Crippen LogP) is 8.67. The maximum atomic E-state index is 12.7. The molecular weight excluding hydrogens is 831 g/mol. The van der Waals surface area contributed by atoms with Crippen LogP contribution in [0.1, 0.15) is 189 Å². The Morgan fingerprint density at radius 3 is 1.94 bits per heavy atom. The quantitative estimate of drug-likeness (QED) is 0.0152. The van der Waals surface area contributed by atoms with Crippen molar-refractivity contribution in [2.45, 2.75) is 201 Å². The number of aliphatic hydroxyl groups is 2. The summed E-state index contributed by atoms with van der Waals surface area (Å²) in [5, 5.41) is 18.4. The van der Waals surface area contributed by atoms with Crippen LogP contribution in [0.25, 0.3) is 0 Å². The first kappa shape index (κ1) is 61.6. The molecule has 1 rings (SSSR count). The van der Waals surface area contributed by atoms with Gasteiger partial charge in [0.25, 0.3) is 7.82 Å².